The fourth-order valence-corrected chi connectivity index (χ4v) is 3.45. The second-order valence-corrected chi connectivity index (χ2v) is 6.64. The van der Waals surface area contributed by atoms with Gasteiger partial charge in [0.15, 0.2) is 0 Å². The predicted octanol–water partition coefficient (Wildman–Crippen LogP) is 1.50. The van der Waals surface area contributed by atoms with Gasteiger partial charge in [-0.05, 0) is 13.3 Å². The molecule has 2 aromatic heterocycles. The van der Waals surface area contributed by atoms with E-state index in [2.05, 4.69) is 15.2 Å². The van der Waals surface area contributed by atoms with Gasteiger partial charge in [-0.3, -0.25) is 14.5 Å². The van der Waals surface area contributed by atoms with Gasteiger partial charge in [-0.15, -0.1) is 0 Å². The van der Waals surface area contributed by atoms with Gasteiger partial charge < -0.3 is 9.42 Å². The smallest absolute Gasteiger partial charge is 0.324 e. The standard InChI is InChI=1S/C16H22N6O2/c1-12-7-13(18-24-12)9-20-4-3-14(10-20)22-11-15(8-17-22)21-6-5-19(2)16(21)23/h7-8,11,14H,3-6,9-10H2,1-2H3. The van der Waals surface area contributed by atoms with Crippen molar-refractivity contribution >= 4 is 11.7 Å². The Kier molecular flexibility index (Phi) is 3.76. The first-order valence-electron chi connectivity index (χ1n) is 8.31. The number of urea groups is 1. The van der Waals surface area contributed by atoms with Gasteiger partial charge in [0, 0.05) is 52.0 Å². The largest absolute Gasteiger partial charge is 0.361 e. The molecule has 0 aliphatic carbocycles. The fraction of sp³-hybridized carbons (Fsp3) is 0.562. The molecule has 0 spiro atoms. The molecule has 0 aromatic carbocycles. The molecule has 0 radical (unpaired) electrons. The molecule has 8 heteroatoms. The lowest BCUT2D eigenvalue weighted by Gasteiger charge is -2.15. The Morgan fingerprint density at radius 2 is 2.21 bits per heavy atom. The van der Waals surface area contributed by atoms with E-state index in [4.69, 9.17) is 4.52 Å². The lowest BCUT2D eigenvalue weighted by molar-refractivity contribution is 0.229. The molecule has 24 heavy (non-hydrogen) atoms. The second kappa shape index (κ2) is 5.94. The van der Waals surface area contributed by atoms with Crippen molar-refractivity contribution in [3.63, 3.8) is 0 Å². The number of aromatic nitrogens is 3. The molecular weight excluding hydrogens is 308 g/mol. The number of aryl methyl sites for hydroxylation is 1. The minimum atomic E-state index is 0.0454. The summed E-state index contributed by atoms with van der Waals surface area (Å²) in [6.07, 6.45) is 4.83. The summed E-state index contributed by atoms with van der Waals surface area (Å²) < 4.78 is 7.12. The van der Waals surface area contributed by atoms with Gasteiger partial charge in [-0.2, -0.15) is 5.10 Å². The molecule has 0 bridgehead atoms. The van der Waals surface area contributed by atoms with Gasteiger partial charge in [-0.25, -0.2) is 4.79 Å². The van der Waals surface area contributed by atoms with Gasteiger partial charge in [0.1, 0.15) is 5.76 Å². The highest BCUT2D eigenvalue weighted by atomic mass is 16.5. The van der Waals surface area contributed by atoms with Crippen molar-refractivity contribution in [3.8, 4) is 0 Å². The molecule has 0 N–H and O–H groups in total. The van der Waals surface area contributed by atoms with Crippen molar-refractivity contribution in [1.82, 2.24) is 24.7 Å². The van der Waals surface area contributed by atoms with Gasteiger partial charge >= 0.3 is 6.03 Å². The Bertz CT molecular complexity index is 739. The topological polar surface area (TPSA) is 70.6 Å². The average Bonchev–Trinajstić information content (AvgIpc) is 3.31. The monoisotopic (exact) mass is 330 g/mol. The third-order valence-corrected chi connectivity index (χ3v) is 4.80. The Morgan fingerprint density at radius 1 is 1.33 bits per heavy atom. The summed E-state index contributed by atoms with van der Waals surface area (Å²) in [4.78, 5) is 18.0. The highest BCUT2D eigenvalue weighted by molar-refractivity contribution is 5.93. The number of nitrogens with zero attached hydrogens (tertiary/aromatic N) is 6. The van der Waals surface area contributed by atoms with Crippen LogP contribution in [0.15, 0.2) is 23.0 Å². The van der Waals surface area contributed by atoms with Crippen LogP contribution < -0.4 is 4.90 Å². The minimum absolute atomic E-state index is 0.0454. The van der Waals surface area contributed by atoms with Gasteiger partial charge in [0.2, 0.25) is 0 Å². The van der Waals surface area contributed by atoms with Crippen molar-refractivity contribution in [2.45, 2.75) is 25.9 Å². The number of carbonyl (C=O) groups excluding carboxylic acids is 1. The molecule has 2 fully saturated rings. The number of likely N-dealkylation sites (N-methyl/N-ethyl adjacent to an activating group) is 1. The minimum Gasteiger partial charge on any atom is -0.361 e. The van der Waals surface area contributed by atoms with Crippen molar-refractivity contribution in [1.29, 1.82) is 0 Å². The van der Waals surface area contributed by atoms with Crippen LogP contribution in [-0.2, 0) is 6.54 Å². The molecular formula is C16H22N6O2. The van der Waals surface area contributed by atoms with E-state index in [1.165, 1.54) is 0 Å². The summed E-state index contributed by atoms with van der Waals surface area (Å²) in [6, 6.07) is 2.36. The van der Waals surface area contributed by atoms with Gasteiger partial charge in [0.05, 0.1) is 23.6 Å². The van der Waals surface area contributed by atoms with Gasteiger partial charge in [0.25, 0.3) is 0 Å². The number of amides is 2. The third-order valence-electron chi connectivity index (χ3n) is 4.80. The van der Waals surface area contributed by atoms with E-state index in [0.29, 0.717) is 6.04 Å². The Balaban J connectivity index is 1.40. The molecule has 2 aliphatic rings. The molecule has 2 amide bonds. The summed E-state index contributed by atoms with van der Waals surface area (Å²) >= 11 is 0. The van der Waals surface area contributed by atoms with Crippen LogP contribution >= 0.6 is 0 Å². The van der Waals surface area contributed by atoms with E-state index in [0.717, 1.165) is 56.3 Å². The SMILES string of the molecule is Cc1cc(CN2CCC(n3cc(N4CCN(C)C4=O)cn3)C2)no1. The fourth-order valence-electron chi connectivity index (χ4n) is 3.45. The molecule has 4 heterocycles. The number of hydrogen-bond donors (Lipinski definition) is 0. The summed E-state index contributed by atoms with van der Waals surface area (Å²) in [5, 5.41) is 8.55. The van der Waals surface area contributed by atoms with E-state index >= 15 is 0 Å². The molecule has 4 rings (SSSR count). The molecule has 1 unspecified atom stereocenters. The number of anilines is 1. The summed E-state index contributed by atoms with van der Waals surface area (Å²) in [7, 11) is 1.83. The van der Waals surface area contributed by atoms with E-state index < -0.39 is 0 Å². The van der Waals surface area contributed by atoms with Crippen LogP contribution in [0, 0.1) is 6.92 Å². The van der Waals surface area contributed by atoms with E-state index in [1.807, 2.05) is 30.9 Å². The van der Waals surface area contributed by atoms with Crippen LogP contribution in [-0.4, -0.2) is 64.0 Å². The van der Waals surface area contributed by atoms with Crippen molar-refractivity contribution in [2.24, 2.45) is 0 Å². The first kappa shape index (κ1) is 15.2. The average molecular weight is 330 g/mol. The number of hydrogen-bond acceptors (Lipinski definition) is 5. The van der Waals surface area contributed by atoms with Crippen molar-refractivity contribution < 1.29 is 9.32 Å². The number of carbonyl (C=O) groups is 1. The first-order chi connectivity index (χ1) is 11.6. The third kappa shape index (κ3) is 2.77. The van der Waals surface area contributed by atoms with Gasteiger partial charge in [-0.1, -0.05) is 5.16 Å². The summed E-state index contributed by atoms with van der Waals surface area (Å²) in [5.74, 6) is 0.845. The molecule has 1 atom stereocenters. The Hall–Kier alpha value is -2.35. The molecule has 2 aliphatic heterocycles. The van der Waals surface area contributed by atoms with E-state index in [1.54, 1.807) is 16.0 Å². The molecule has 2 saturated heterocycles. The number of likely N-dealkylation sites (tertiary alicyclic amines) is 1. The predicted molar refractivity (Wildman–Crippen MR) is 87.8 cm³/mol. The first-order valence-corrected chi connectivity index (χ1v) is 8.31. The zero-order valence-electron chi connectivity index (χ0n) is 14.1. The molecule has 0 saturated carbocycles. The normalized spacial score (nSPS) is 22.1. The number of rotatable bonds is 4. The van der Waals surface area contributed by atoms with Crippen LogP contribution in [0.1, 0.15) is 23.9 Å². The summed E-state index contributed by atoms with van der Waals surface area (Å²) in [6.45, 7) is 6.14. The van der Waals surface area contributed by atoms with Crippen LogP contribution in [0.5, 0.6) is 0 Å². The highest BCUT2D eigenvalue weighted by Crippen LogP contribution is 2.26. The highest BCUT2D eigenvalue weighted by Gasteiger charge is 2.29. The van der Waals surface area contributed by atoms with Crippen LogP contribution in [0.4, 0.5) is 10.5 Å². The van der Waals surface area contributed by atoms with E-state index in [9.17, 15) is 4.79 Å². The maximum Gasteiger partial charge on any atom is 0.324 e. The maximum absolute atomic E-state index is 12.1. The van der Waals surface area contributed by atoms with Crippen LogP contribution in [0.2, 0.25) is 0 Å². The zero-order chi connectivity index (χ0) is 16.7. The Morgan fingerprint density at radius 3 is 2.92 bits per heavy atom. The molecule has 128 valence electrons. The summed E-state index contributed by atoms with van der Waals surface area (Å²) in [5.41, 5.74) is 1.86. The van der Waals surface area contributed by atoms with E-state index in [-0.39, 0.29) is 6.03 Å². The quantitative estimate of drug-likeness (QED) is 0.849. The Labute approximate surface area is 140 Å². The van der Waals surface area contributed by atoms with Crippen LogP contribution in [0.25, 0.3) is 0 Å². The zero-order valence-corrected chi connectivity index (χ0v) is 14.1. The van der Waals surface area contributed by atoms with Crippen LogP contribution in [0.3, 0.4) is 0 Å². The second-order valence-electron chi connectivity index (χ2n) is 6.64. The molecule has 8 nitrogen and oxygen atoms in total. The lowest BCUT2D eigenvalue weighted by Crippen LogP contribution is -2.28. The van der Waals surface area contributed by atoms with Crippen molar-refractivity contribution in [3.05, 3.63) is 29.9 Å². The lowest BCUT2D eigenvalue weighted by atomic mass is 10.3. The van der Waals surface area contributed by atoms with Crippen molar-refractivity contribution in [2.75, 3.05) is 38.1 Å². The molecule has 2 aromatic rings. The maximum atomic E-state index is 12.1.